The number of ether oxygens (including phenoxy) is 2. The second kappa shape index (κ2) is 6.31. The molecule has 1 aliphatic heterocycles. The molecule has 3 rings (SSSR count). The Balaban J connectivity index is 1.65. The summed E-state index contributed by atoms with van der Waals surface area (Å²) in [4.78, 5) is 0.818. The maximum Gasteiger partial charge on any atom is 0.122 e. The molecule has 0 saturated heterocycles. The molecule has 0 amide bonds. The van der Waals surface area contributed by atoms with E-state index in [1.165, 1.54) is 5.56 Å². The summed E-state index contributed by atoms with van der Waals surface area (Å²) in [5.74, 6) is 2.24. The van der Waals surface area contributed by atoms with Gasteiger partial charge in [-0.3, -0.25) is 4.21 Å². The number of fused-ring (bicyclic) bond motifs is 1. The van der Waals surface area contributed by atoms with E-state index in [4.69, 9.17) is 9.47 Å². The van der Waals surface area contributed by atoms with Crippen LogP contribution in [0.4, 0.5) is 0 Å². The first-order valence-electron chi connectivity index (χ1n) is 7.03. The Morgan fingerprint density at radius 1 is 1.19 bits per heavy atom. The van der Waals surface area contributed by atoms with Crippen molar-refractivity contribution in [3.8, 4) is 11.5 Å². The summed E-state index contributed by atoms with van der Waals surface area (Å²) < 4.78 is 23.5. The molecule has 110 valence electrons. The van der Waals surface area contributed by atoms with Gasteiger partial charge in [0.2, 0.25) is 0 Å². The molecule has 0 saturated carbocycles. The number of benzene rings is 2. The van der Waals surface area contributed by atoms with Gasteiger partial charge in [-0.15, -0.1) is 0 Å². The number of para-hydroxylation sites is 1. The fourth-order valence-electron chi connectivity index (χ4n) is 2.49. The lowest BCUT2D eigenvalue weighted by Gasteiger charge is -2.25. The van der Waals surface area contributed by atoms with Crippen LogP contribution in [0.15, 0.2) is 53.4 Å². The van der Waals surface area contributed by atoms with E-state index in [0.29, 0.717) is 5.75 Å². The number of aryl methyl sites for hydroxylation is 1. The van der Waals surface area contributed by atoms with E-state index in [0.717, 1.165) is 29.2 Å². The molecule has 0 unspecified atom stereocenters. The number of methoxy groups -OCH3 is 1. The van der Waals surface area contributed by atoms with Crippen LogP contribution in [0.5, 0.6) is 11.5 Å². The summed E-state index contributed by atoms with van der Waals surface area (Å²) in [7, 11) is 0.576. The maximum atomic E-state index is 12.4. The molecule has 3 nitrogen and oxygen atoms in total. The highest BCUT2D eigenvalue weighted by Crippen LogP contribution is 2.28. The van der Waals surface area contributed by atoms with Gasteiger partial charge in [-0.05, 0) is 48.7 Å². The van der Waals surface area contributed by atoms with Crippen LogP contribution in [0.1, 0.15) is 12.0 Å². The molecule has 0 fully saturated rings. The molecule has 2 aromatic rings. The number of hydrogen-bond donors (Lipinski definition) is 0. The van der Waals surface area contributed by atoms with Gasteiger partial charge in [0.15, 0.2) is 0 Å². The Morgan fingerprint density at radius 3 is 2.71 bits per heavy atom. The van der Waals surface area contributed by atoms with Gasteiger partial charge in [-0.2, -0.15) is 0 Å². The van der Waals surface area contributed by atoms with Crippen molar-refractivity contribution in [2.75, 3.05) is 12.9 Å². The molecule has 21 heavy (non-hydrogen) atoms. The number of rotatable bonds is 4. The first-order valence-corrected chi connectivity index (χ1v) is 8.35. The van der Waals surface area contributed by atoms with Gasteiger partial charge in [0.05, 0.1) is 23.7 Å². The second-order valence-electron chi connectivity index (χ2n) is 5.07. The minimum Gasteiger partial charge on any atom is -0.497 e. The molecular weight excluding hydrogens is 284 g/mol. The lowest BCUT2D eigenvalue weighted by atomic mass is 10.0. The first kappa shape index (κ1) is 14.1. The molecule has 0 aliphatic carbocycles. The molecule has 2 atom stereocenters. The van der Waals surface area contributed by atoms with Crippen molar-refractivity contribution in [2.45, 2.75) is 23.8 Å². The molecule has 1 aliphatic rings. The monoisotopic (exact) mass is 302 g/mol. The third-order valence-electron chi connectivity index (χ3n) is 3.66. The summed E-state index contributed by atoms with van der Waals surface area (Å²) in [6.45, 7) is 0. The zero-order valence-electron chi connectivity index (χ0n) is 12.0. The van der Waals surface area contributed by atoms with E-state index in [1.54, 1.807) is 7.11 Å². The smallest absolute Gasteiger partial charge is 0.122 e. The highest BCUT2D eigenvalue weighted by molar-refractivity contribution is 7.85. The predicted octanol–water partition coefficient (Wildman–Crippen LogP) is 3.20. The van der Waals surface area contributed by atoms with Gasteiger partial charge in [0.1, 0.15) is 17.6 Å². The Hall–Kier alpha value is -1.81. The minimum absolute atomic E-state index is 0.0165. The fourth-order valence-corrected chi connectivity index (χ4v) is 3.69. The van der Waals surface area contributed by atoms with Gasteiger partial charge in [0, 0.05) is 4.90 Å². The molecule has 0 aromatic heterocycles. The van der Waals surface area contributed by atoms with Crippen molar-refractivity contribution in [1.82, 2.24) is 0 Å². The molecule has 0 bridgehead atoms. The van der Waals surface area contributed by atoms with Crippen molar-refractivity contribution < 1.29 is 13.7 Å². The van der Waals surface area contributed by atoms with Crippen LogP contribution in [-0.2, 0) is 17.2 Å². The van der Waals surface area contributed by atoms with Gasteiger partial charge < -0.3 is 9.47 Å². The summed E-state index contributed by atoms with van der Waals surface area (Å²) in [5.41, 5.74) is 1.24. The van der Waals surface area contributed by atoms with E-state index in [9.17, 15) is 4.21 Å². The van der Waals surface area contributed by atoms with Crippen LogP contribution >= 0.6 is 0 Å². The third kappa shape index (κ3) is 3.27. The highest BCUT2D eigenvalue weighted by atomic mass is 32.2. The molecule has 0 spiro atoms. The average molecular weight is 302 g/mol. The topological polar surface area (TPSA) is 35.5 Å². The van der Waals surface area contributed by atoms with Crippen LogP contribution in [0.3, 0.4) is 0 Å². The Labute approximate surface area is 127 Å². The Morgan fingerprint density at radius 2 is 1.95 bits per heavy atom. The Kier molecular flexibility index (Phi) is 4.25. The van der Waals surface area contributed by atoms with Crippen molar-refractivity contribution in [3.63, 3.8) is 0 Å². The largest absolute Gasteiger partial charge is 0.497 e. The van der Waals surface area contributed by atoms with E-state index in [1.807, 2.05) is 42.5 Å². The summed E-state index contributed by atoms with van der Waals surface area (Å²) >= 11 is 0. The van der Waals surface area contributed by atoms with Gasteiger partial charge in [-0.25, -0.2) is 0 Å². The van der Waals surface area contributed by atoms with E-state index >= 15 is 0 Å². The van der Waals surface area contributed by atoms with Crippen LogP contribution in [0.25, 0.3) is 0 Å². The van der Waals surface area contributed by atoms with Crippen LogP contribution in [0.2, 0.25) is 0 Å². The quantitative estimate of drug-likeness (QED) is 0.870. The van der Waals surface area contributed by atoms with Crippen molar-refractivity contribution in [3.05, 3.63) is 54.1 Å². The lowest BCUT2D eigenvalue weighted by Crippen LogP contribution is -2.28. The van der Waals surface area contributed by atoms with E-state index in [2.05, 4.69) is 6.07 Å². The average Bonchev–Trinajstić information content (AvgIpc) is 2.55. The summed E-state index contributed by atoms with van der Waals surface area (Å²) in [6.07, 6.45) is 1.92. The maximum absolute atomic E-state index is 12.4. The van der Waals surface area contributed by atoms with Crippen molar-refractivity contribution in [1.29, 1.82) is 0 Å². The summed E-state index contributed by atoms with van der Waals surface area (Å²) in [5, 5.41) is 0. The third-order valence-corrected chi connectivity index (χ3v) is 5.13. The van der Waals surface area contributed by atoms with E-state index in [-0.39, 0.29) is 6.10 Å². The SMILES string of the molecule is COc1ccc([S@](=O)C[C@@H]2CCc3ccccc3O2)cc1. The highest BCUT2D eigenvalue weighted by Gasteiger charge is 2.21. The molecule has 4 heteroatoms. The predicted molar refractivity (Wildman–Crippen MR) is 83.4 cm³/mol. The molecular formula is C17H18O3S. The molecule has 2 aromatic carbocycles. The van der Waals surface area contributed by atoms with Crippen LogP contribution in [0, 0.1) is 0 Å². The minimum atomic E-state index is -1.05. The first-order chi connectivity index (χ1) is 10.3. The van der Waals surface area contributed by atoms with Crippen LogP contribution in [-0.4, -0.2) is 23.2 Å². The molecule has 0 N–H and O–H groups in total. The lowest BCUT2D eigenvalue weighted by molar-refractivity contribution is 0.196. The van der Waals surface area contributed by atoms with Gasteiger partial charge in [-0.1, -0.05) is 18.2 Å². The zero-order valence-corrected chi connectivity index (χ0v) is 12.8. The van der Waals surface area contributed by atoms with Crippen molar-refractivity contribution >= 4 is 10.8 Å². The van der Waals surface area contributed by atoms with E-state index < -0.39 is 10.8 Å². The Bertz CT molecular complexity index is 637. The van der Waals surface area contributed by atoms with Gasteiger partial charge in [0.25, 0.3) is 0 Å². The van der Waals surface area contributed by atoms with Gasteiger partial charge >= 0.3 is 0 Å². The standard InChI is InChI=1S/C17H18O3S/c1-19-14-8-10-16(11-9-14)21(18)12-15-7-6-13-4-2-3-5-17(13)20-15/h2-5,8-11,15H,6-7,12H2,1H3/t15-,21+/m0/s1. The fraction of sp³-hybridized carbons (Fsp3) is 0.294. The summed E-state index contributed by atoms with van der Waals surface area (Å²) in [6, 6.07) is 15.5. The van der Waals surface area contributed by atoms with Crippen LogP contribution < -0.4 is 9.47 Å². The normalized spacial score (nSPS) is 18.4. The molecule has 1 heterocycles. The number of hydrogen-bond acceptors (Lipinski definition) is 3. The van der Waals surface area contributed by atoms with Crippen molar-refractivity contribution in [2.24, 2.45) is 0 Å². The second-order valence-corrected chi connectivity index (χ2v) is 6.57. The zero-order chi connectivity index (χ0) is 14.7. The molecule has 0 radical (unpaired) electrons.